The van der Waals surface area contributed by atoms with Gasteiger partial charge in [0.15, 0.2) is 5.78 Å². The van der Waals surface area contributed by atoms with Gasteiger partial charge in [-0.25, -0.2) is 0 Å². The van der Waals surface area contributed by atoms with E-state index in [1.165, 1.54) is 4.88 Å². The molecule has 0 N–H and O–H groups in total. The molecule has 0 saturated carbocycles. The van der Waals surface area contributed by atoms with E-state index in [9.17, 15) is 4.79 Å². The van der Waals surface area contributed by atoms with Crippen LogP contribution in [0.4, 0.5) is 5.69 Å². The molecule has 0 aliphatic rings. The van der Waals surface area contributed by atoms with Gasteiger partial charge in [-0.05, 0) is 49.6 Å². The van der Waals surface area contributed by atoms with Gasteiger partial charge in [0.05, 0.1) is 6.54 Å². The van der Waals surface area contributed by atoms with Crippen molar-refractivity contribution in [1.29, 1.82) is 0 Å². The van der Waals surface area contributed by atoms with Crippen molar-refractivity contribution in [1.82, 2.24) is 0 Å². The summed E-state index contributed by atoms with van der Waals surface area (Å²) in [5.74, 6) is 0.114. The number of carbonyl (C=O) groups excluding carboxylic acids is 1. The van der Waals surface area contributed by atoms with Gasteiger partial charge in [-0.15, -0.1) is 11.3 Å². The second-order valence-corrected chi connectivity index (χ2v) is 5.23. The first-order chi connectivity index (χ1) is 8.70. The van der Waals surface area contributed by atoms with E-state index < -0.39 is 0 Å². The lowest BCUT2D eigenvalue weighted by molar-refractivity contribution is 0.101. The number of carbonyl (C=O) groups is 1. The summed E-state index contributed by atoms with van der Waals surface area (Å²) in [6.07, 6.45) is 0. The van der Waals surface area contributed by atoms with Crippen molar-refractivity contribution in [2.24, 2.45) is 0 Å². The number of rotatable bonds is 5. The molecule has 0 aliphatic heterocycles. The van der Waals surface area contributed by atoms with Gasteiger partial charge in [0.25, 0.3) is 0 Å². The number of hydrogen-bond acceptors (Lipinski definition) is 3. The highest BCUT2D eigenvalue weighted by Crippen LogP contribution is 2.20. The molecule has 0 fully saturated rings. The van der Waals surface area contributed by atoms with E-state index in [1.807, 2.05) is 24.3 Å². The van der Waals surface area contributed by atoms with Crippen LogP contribution in [0.25, 0.3) is 0 Å². The van der Waals surface area contributed by atoms with Crippen LogP contribution in [-0.4, -0.2) is 12.3 Å². The van der Waals surface area contributed by atoms with Crippen molar-refractivity contribution in [3.05, 3.63) is 52.2 Å². The zero-order valence-corrected chi connectivity index (χ0v) is 11.5. The van der Waals surface area contributed by atoms with Gasteiger partial charge in [-0.1, -0.05) is 6.07 Å². The number of thiophene rings is 1. The quantitative estimate of drug-likeness (QED) is 0.757. The van der Waals surface area contributed by atoms with Crippen molar-refractivity contribution in [3.8, 4) is 0 Å². The maximum atomic E-state index is 11.2. The lowest BCUT2D eigenvalue weighted by Gasteiger charge is -2.22. The summed E-state index contributed by atoms with van der Waals surface area (Å²) in [7, 11) is 0. The van der Waals surface area contributed by atoms with E-state index in [-0.39, 0.29) is 5.78 Å². The molecule has 0 saturated heterocycles. The Kier molecular flexibility index (Phi) is 4.15. The number of anilines is 1. The standard InChI is InChI=1S/C15H17NOS/c1-3-16(11-15-5-4-10-18-15)14-8-6-13(7-9-14)12(2)17/h4-10H,3,11H2,1-2H3. The van der Waals surface area contributed by atoms with Crippen LogP contribution in [0.15, 0.2) is 41.8 Å². The van der Waals surface area contributed by atoms with Crippen LogP contribution >= 0.6 is 11.3 Å². The van der Waals surface area contributed by atoms with E-state index in [0.29, 0.717) is 0 Å². The average molecular weight is 259 g/mol. The second kappa shape index (κ2) is 5.83. The fraction of sp³-hybridized carbons (Fsp3) is 0.267. The van der Waals surface area contributed by atoms with Gasteiger partial charge >= 0.3 is 0 Å². The molecule has 1 aromatic heterocycles. The van der Waals surface area contributed by atoms with Gasteiger partial charge in [-0.2, -0.15) is 0 Å². The molecule has 0 bridgehead atoms. The number of nitrogens with zero attached hydrogens (tertiary/aromatic N) is 1. The molecular formula is C15H17NOS. The Morgan fingerprint density at radius 3 is 2.44 bits per heavy atom. The zero-order valence-electron chi connectivity index (χ0n) is 10.7. The minimum absolute atomic E-state index is 0.114. The topological polar surface area (TPSA) is 20.3 Å². The van der Waals surface area contributed by atoms with Crippen molar-refractivity contribution in [3.63, 3.8) is 0 Å². The highest BCUT2D eigenvalue weighted by molar-refractivity contribution is 7.09. The third-order valence-electron chi connectivity index (χ3n) is 2.95. The van der Waals surface area contributed by atoms with Gasteiger partial charge in [-0.3, -0.25) is 4.79 Å². The van der Waals surface area contributed by atoms with E-state index in [1.54, 1.807) is 18.3 Å². The molecule has 18 heavy (non-hydrogen) atoms. The third kappa shape index (κ3) is 2.99. The Morgan fingerprint density at radius 1 is 1.22 bits per heavy atom. The molecule has 0 atom stereocenters. The van der Waals surface area contributed by atoms with E-state index in [4.69, 9.17) is 0 Å². The number of hydrogen-bond donors (Lipinski definition) is 0. The molecule has 2 rings (SSSR count). The fourth-order valence-electron chi connectivity index (χ4n) is 1.88. The van der Waals surface area contributed by atoms with E-state index in [0.717, 1.165) is 24.3 Å². The summed E-state index contributed by atoms with van der Waals surface area (Å²) in [6, 6.07) is 12.1. The third-order valence-corrected chi connectivity index (χ3v) is 3.81. The van der Waals surface area contributed by atoms with Gasteiger partial charge < -0.3 is 4.90 Å². The zero-order chi connectivity index (χ0) is 13.0. The van der Waals surface area contributed by atoms with Crippen LogP contribution in [0, 0.1) is 0 Å². The molecule has 1 aromatic carbocycles. The Morgan fingerprint density at radius 2 is 1.94 bits per heavy atom. The molecule has 0 spiro atoms. The van der Waals surface area contributed by atoms with Gasteiger partial charge in [0, 0.05) is 22.7 Å². The Labute approximate surface area is 112 Å². The van der Waals surface area contributed by atoms with Crippen molar-refractivity contribution in [2.75, 3.05) is 11.4 Å². The van der Waals surface area contributed by atoms with Crippen LogP contribution in [-0.2, 0) is 6.54 Å². The lowest BCUT2D eigenvalue weighted by atomic mass is 10.1. The molecule has 0 aliphatic carbocycles. The van der Waals surface area contributed by atoms with Crippen LogP contribution in [0.3, 0.4) is 0 Å². The second-order valence-electron chi connectivity index (χ2n) is 4.20. The summed E-state index contributed by atoms with van der Waals surface area (Å²) in [5.41, 5.74) is 1.93. The minimum atomic E-state index is 0.114. The summed E-state index contributed by atoms with van der Waals surface area (Å²) in [5, 5.41) is 2.10. The molecule has 3 heteroatoms. The maximum absolute atomic E-state index is 11.2. The molecular weight excluding hydrogens is 242 g/mol. The fourth-order valence-corrected chi connectivity index (χ4v) is 2.60. The molecule has 2 nitrogen and oxygen atoms in total. The summed E-state index contributed by atoms with van der Waals surface area (Å²) >= 11 is 1.77. The summed E-state index contributed by atoms with van der Waals surface area (Å²) in [4.78, 5) is 14.9. The largest absolute Gasteiger partial charge is 0.367 e. The lowest BCUT2D eigenvalue weighted by Crippen LogP contribution is -2.21. The highest BCUT2D eigenvalue weighted by atomic mass is 32.1. The normalized spacial score (nSPS) is 10.3. The Balaban J connectivity index is 2.14. The SMILES string of the molecule is CCN(Cc1cccs1)c1ccc(C(C)=O)cc1. The van der Waals surface area contributed by atoms with Crippen molar-refractivity contribution in [2.45, 2.75) is 20.4 Å². The number of Topliss-reactive ketones (excluding diaryl/α,β-unsaturated/α-hetero) is 1. The van der Waals surface area contributed by atoms with Crippen molar-refractivity contribution >= 4 is 22.8 Å². The first kappa shape index (κ1) is 12.8. The Bertz CT molecular complexity index is 502. The summed E-state index contributed by atoms with van der Waals surface area (Å²) in [6.45, 7) is 5.62. The van der Waals surface area contributed by atoms with Crippen LogP contribution in [0.5, 0.6) is 0 Å². The summed E-state index contributed by atoms with van der Waals surface area (Å²) < 4.78 is 0. The van der Waals surface area contributed by atoms with Crippen LogP contribution in [0.1, 0.15) is 29.1 Å². The predicted molar refractivity (Wildman–Crippen MR) is 77.5 cm³/mol. The molecule has 94 valence electrons. The molecule has 1 heterocycles. The van der Waals surface area contributed by atoms with E-state index >= 15 is 0 Å². The van der Waals surface area contributed by atoms with Gasteiger partial charge in [0.1, 0.15) is 0 Å². The number of ketones is 1. The Hall–Kier alpha value is -1.61. The number of benzene rings is 1. The molecule has 0 radical (unpaired) electrons. The first-order valence-corrected chi connectivity index (χ1v) is 6.97. The first-order valence-electron chi connectivity index (χ1n) is 6.09. The van der Waals surface area contributed by atoms with Crippen LogP contribution in [0.2, 0.25) is 0 Å². The van der Waals surface area contributed by atoms with Crippen molar-refractivity contribution < 1.29 is 4.79 Å². The predicted octanol–water partition coefficient (Wildman–Crippen LogP) is 3.98. The molecule has 0 unspecified atom stereocenters. The van der Waals surface area contributed by atoms with Crippen LogP contribution < -0.4 is 4.90 Å². The maximum Gasteiger partial charge on any atom is 0.159 e. The smallest absolute Gasteiger partial charge is 0.159 e. The minimum Gasteiger partial charge on any atom is -0.367 e. The molecule has 0 amide bonds. The molecule has 2 aromatic rings. The monoisotopic (exact) mass is 259 g/mol. The highest BCUT2D eigenvalue weighted by Gasteiger charge is 2.07. The average Bonchev–Trinajstić information content (AvgIpc) is 2.89. The van der Waals surface area contributed by atoms with E-state index in [2.05, 4.69) is 29.3 Å². The van der Waals surface area contributed by atoms with Gasteiger partial charge in [0.2, 0.25) is 0 Å².